The Balaban J connectivity index is 1.41. The van der Waals surface area contributed by atoms with Crippen LogP contribution < -0.4 is 20.3 Å². The first-order valence-corrected chi connectivity index (χ1v) is 8.59. The number of hydrogen-bond acceptors (Lipinski definition) is 4. The van der Waals surface area contributed by atoms with E-state index in [1.165, 1.54) is 0 Å². The molecule has 0 spiro atoms. The van der Waals surface area contributed by atoms with E-state index in [1.54, 1.807) is 13.2 Å². The normalized spacial score (nSPS) is 14.8. The highest BCUT2D eigenvalue weighted by molar-refractivity contribution is 5.89. The zero-order valence-corrected chi connectivity index (χ0v) is 14.4. The van der Waals surface area contributed by atoms with Crippen LogP contribution in [0, 0.1) is 5.92 Å². The van der Waals surface area contributed by atoms with Crippen molar-refractivity contribution in [2.75, 3.05) is 37.0 Å². The van der Waals surface area contributed by atoms with E-state index in [9.17, 15) is 4.79 Å². The molecule has 1 fully saturated rings. The molecule has 0 bridgehead atoms. The van der Waals surface area contributed by atoms with E-state index < -0.39 is 0 Å². The van der Waals surface area contributed by atoms with Gasteiger partial charge < -0.3 is 20.3 Å². The zero-order chi connectivity index (χ0) is 17.5. The number of nitrogens with one attached hydrogen (secondary N) is 2. The molecule has 132 valence electrons. The van der Waals surface area contributed by atoms with Crippen LogP contribution in [0.25, 0.3) is 0 Å². The van der Waals surface area contributed by atoms with Gasteiger partial charge in [-0.1, -0.05) is 12.1 Å². The van der Waals surface area contributed by atoms with Crippen LogP contribution in [-0.2, 0) is 0 Å². The Morgan fingerprint density at radius 1 is 1.24 bits per heavy atom. The van der Waals surface area contributed by atoms with Gasteiger partial charge in [0.2, 0.25) is 0 Å². The number of benzene rings is 1. The Hall–Kier alpha value is -2.76. The number of ether oxygens (including phenoxy) is 1. The fraction of sp³-hybridized carbons (Fsp3) is 0.368. The Kier molecular flexibility index (Phi) is 5.72. The fourth-order valence-corrected chi connectivity index (χ4v) is 3.02. The minimum absolute atomic E-state index is 0.180. The molecular weight excluding hydrogens is 316 g/mol. The third kappa shape index (κ3) is 4.86. The van der Waals surface area contributed by atoms with Crippen LogP contribution >= 0.6 is 0 Å². The standard InChI is InChI=1S/C19H24N4O2/c1-25-17-6-4-5-16(13-17)22-19(24)21-14-15-8-11-23(12-9-15)18-7-2-3-10-20-18/h2-7,10,13,15H,8-9,11-12,14H2,1H3,(H2,21,22,24). The molecule has 0 radical (unpaired) electrons. The SMILES string of the molecule is COc1cccc(NC(=O)NCC2CCN(c3ccccn3)CC2)c1. The van der Waals surface area contributed by atoms with E-state index in [-0.39, 0.29) is 6.03 Å². The molecule has 0 atom stereocenters. The third-order valence-electron chi connectivity index (χ3n) is 4.47. The topological polar surface area (TPSA) is 66.5 Å². The summed E-state index contributed by atoms with van der Waals surface area (Å²) in [6.07, 6.45) is 3.93. The van der Waals surface area contributed by atoms with Crippen molar-refractivity contribution in [1.29, 1.82) is 0 Å². The lowest BCUT2D eigenvalue weighted by Gasteiger charge is -2.32. The lowest BCUT2D eigenvalue weighted by Crippen LogP contribution is -2.40. The molecule has 3 rings (SSSR count). The van der Waals surface area contributed by atoms with Crippen molar-refractivity contribution in [3.63, 3.8) is 0 Å². The number of carbonyl (C=O) groups is 1. The Bertz CT molecular complexity index is 685. The van der Waals surface area contributed by atoms with Gasteiger partial charge in [-0.15, -0.1) is 0 Å². The summed E-state index contributed by atoms with van der Waals surface area (Å²) in [5, 5.41) is 5.81. The molecule has 2 amide bonds. The van der Waals surface area contributed by atoms with Gasteiger partial charge in [0.05, 0.1) is 7.11 Å². The highest BCUT2D eigenvalue weighted by atomic mass is 16.5. The van der Waals surface area contributed by atoms with Crippen molar-refractivity contribution in [2.24, 2.45) is 5.92 Å². The number of methoxy groups -OCH3 is 1. The van der Waals surface area contributed by atoms with Gasteiger partial charge in [0, 0.05) is 37.6 Å². The van der Waals surface area contributed by atoms with Crippen molar-refractivity contribution in [3.8, 4) is 5.75 Å². The highest BCUT2D eigenvalue weighted by Crippen LogP contribution is 2.21. The average Bonchev–Trinajstić information content (AvgIpc) is 2.67. The van der Waals surface area contributed by atoms with Gasteiger partial charge in [-0.2, -0.15) is 0 Å². The number of piperidine rings is 1. The lowest BCUT2D eigenvalue weighted by molar-refractivity contribution is 0.248. The van der Waals surface area contributed by atoms with Crippen LogP contribution in [0.2, 0.25) is 0 Å². The Labute approximate surface area is 148 Å². The maximum atomic E-state index is 12.1. The van der Waals surface area contributed by atoms with E-state index in [0.29, 0.717) is 12.5 Å². The van der Waals surface area contributed by atoms with Crippen molar-refractivity contribution >= 4 is 17.5 Å². The van der Waals surface area contributed by atoms with Crippen LogP contribution in [0.4, 0.5) is 16.3 Å². The summed E-state index contributed by atoms with van der Waals surface area (Å²) in [5.41, 5.74) is 0.724. The summed E-state index contributed by atoms with van der Waals surface area (Å²) in [6.45, 7) is 2.63. The van der Waals surface area contributed by atoms with Crippen LogP contribution in [0.3, 0.4) is 0 Å². The molecule has 6 heteroatoms. The van der Waals surface area contributed by atoms with Gasteiger partial charge >= 0.3 is 6.03 Å². The van der Waals surface area contributed by atoms with Crippen LogP contribution in [0.5, 0.6) is 5.75 Å². The first-order chi connectivity index (χ1) is 12.2. The number of pyridine rings is 1. The van der Waals surface area contributed by atoms with Crippen molar-refractivity contribution in [3.05, 3.63) is 48.7 Å². The minimum Gasteiger partial charge on any atom is -0.497 e. The first-order valence-electron chi connectivity index (χ1n) is 8.59. The molecule has 25 heavy (non-hydrogen) atoms. The second-order valence-electron chi connectivity index (χ2n) is 6.19. The molecule has 2 aromatic rings. The van der Waals surface area contributed by atoms with Gasteiger partial charge in [0.25, 0.3) is 0 Å². The molecule has 0 unspecified atom stereocenters. The summed E-state index contributed by atoms with van der Waals surface area (Å²) in [5.74, 6) is 2.25. The molecule has 1 aliphatic heterocycles. The number of amides is 2. The maximum Gasteiger partial charge on any atom is 0.319 e. The number of hydrogen-bond donors (Lipinski definition) is 2. The molecular formula is C19H24N4O2. The van der Waals surface area contributed by atoms with Crippen LogP contribution in [-0.4, -0.2) is 37.8 Å². The van der Waals surface area contributed by atoms with E-state index in [0.717, 1.165) is 43.2 Å². The van der Waals surface area contributed by atoms with Crippen LogP contribution in [0.15, 0.2) is 48.7 Å². The number of carbonyl (C=O) groups excluding carboxylic acids is 1. The van der Waals surface area contributed by atoms with E-state index >= 15 is 0 Å². The van der Waals surface area contributed by atoms with Crippen molar-refractivity contribution < 1.29 is 9.53 Å². The van der Waals surface area contributed by atoms with E-state index in [4.69, 9.17) is 4.74 Å². The number of rotatable bonds is 5. The predicted molar refractivity (Wildman–Crippen MR) is 99.2 cm³/mol. The van der Waals surface area contributed by atoms with Crippen LogP contribution in [0.1, 0.15) is 12.8 Å². The number of aromatic nitrogens is 1. The Morgan fingerprint density at radius 3 is 2.80 bits per heavy atom. The molecule has 1 aromatic carbocycles. The summed E-state index contributed by atoms with van der Waals surface area (Å²) < 4.78 is 5.16. The van der Waals surface area contributed by atoms with Gasteiger partial charge in [-0.05, 0) is 43.0 Å². The molecule has 1 aliphatic rings. The first kappa shape index (κ1) is 17.1. The molecule has 2 heterocycles. The van der Waals surface area contributed by atoms with Crippen molar-refractivity contribution in [2.45, 2.75) is 12.8 Å². The number of anilines is 2. The smallest absolute Gasteiger partial charge is 0.319 e. The predicted octanol–water partition coefficient (Wildman–Crippen LogP) is 3.13. The number of nitrogens with zero attached hydrogens (tertiary/aromatic N) is 2. The second kappa shape index (κ2) is 8.37. The van der Waals surface area contributed by atoms with Gasteiger partial charge in [0.15, 0.2) is 0 Å². The molecule has 6 nitrogen and oxygen atoms in total. The quantitative estimate of drug-likeness (QED) is 0.878. The molecule has 1 aromatic heterocycles. The zero-order valence-electron chi connectivity index (χ0n) is 14.4. The molecule has 0 aliphatic carbocycles. The maximum absolute atomic E-state index is 12.1. The number of urea groups is 1. The van der Waals surface area contributed by atoms with Gasteiger partial charge in [-0.25, -0.2) is 9.78 Å². The fourth-order valence-electron chi connectivity index (χ4n) is 3.02. The summed E-state index contributed by atoms with van der Waals surface area (Å²) in [6, 6.07) is 13.1. The summed E-state index contributed by atoms with van der Waals surface area (Å²) >= 11 is 0. The average molecular weight is 340 g/mol. The van der Waals surface area contributed by atoms with Gasteiger partial charge in [-0.3, -0.25) is 0 Å². The van der Waals surface area contributed by atoms with E-state index in [1.807, 2.05) is 42.6 Å². The minimum atomic E-state index is -0.180. The summed E-state index contributed by atoms with van der Waals surface area (Å²) in [7, 11) is 1.61. The van der Waals surface area contributed by atoms with Gasteiger partial charge in [0.1, 0.15) is 11.6 Å². The second-order valence-corrected chi connectivity index (χ2v) is 6.19. The molecule has 0 saturated carbocycles. The molecule has 1 saturated heterocycles. The summed E-state index contributed by atoms with van der Waals surface area (Å²) in [4.78, 5) is 18.8. The lowest BCUT2D eigenvalue weighted by atomic mass is 9.97. The molecule has 2 N–H and O–H groups in total. The largest absolute Gasteiger partial charge is 0.497 e. The monoisotopic (exact) mass is 340 g/mol. The van der Waals surface area contributed by atoms with E-state index in [2.05, 4.69) is 20.5 Å². The van der Waals surface area contributed by atoms with Crippen molar-refractivity contribution in [1.82, 2.24) is 10.3 Å². The highest BCUT2D eigenvalue weighted by Gasteiger charge is 2.20. The Morgan fingerprint density at radius 2 is 2.08 bits per heavy atom. The third-order valence-corrected chi connectivity index (χ3v) is 4.47.